The van der Waals surface area contributed by atoms with Crippen LogP contribution in [0, 0.1) is 5.92 Å². The van der Waals surface area contributed by atoms with Gasteiger partial charge in [0.25, 0.3) is 5.56 Å². The number of hydrogen-bond acceptors (Lipinski definition) is 6. The Kier molecular flexibility index (Phi) is 6.81. The molecule has 3 heterocycles. The zero-order valence-electron chi connectivity index (χ0n) is 19.9. The summed E-state index contributed by atoms with van der Waals surface area (Å²) in [4.78, 5) is 36.2. The molecule has 1 amide bonds. The zero-order chi connectivity index (χ0) is 23.7. The molecule has 1 fully saturated rings. The Morgan fingerprint density at radius 2 is 2.12 bits per heavy atom. The summed E-state index contributed by atoms with van der Waals surface area (Å²) in [5.41, 5.74) is 2.98. The lowest BCUT2D eigenvalue weighted by Crippen LogP contribution is -2.39. The number of aromatic nitrogens is 2. The molecule has 0 saturated carbocycles. The molecule has 2 aliphatic rings. The van der Waals surface area contributed by atoms with Gasteiger partial charge in [-0.2, -0.15) is 0 Å². The smallest absolute Gasteiger partial charge is 0.263 e. The number of amides is 1. The Labute approximate surface area is 203 Å². The molecule has 180 valence electrons. The van der Waals surface area contributed by atoms with Crippen molar-refractivity contribution in [3.8, 4) is 0 Å². The number of hydrogen-bond donors (Lipinski definition) is 1. The monoisotopic (exact) mass is 480 g/mol. The molecule has 1 saturated heterocycles. The second kappa shape index (κ2) is 9.98. The largest absolute Gasteiger partial charge is 0.379 e. The first kappa shape index (κ1) is 23.2. The van der Waals surface area contributed by atoms with E-state index in [0.29, 0.717) is 31.5 Å². The van der Waals surface area contributed by atoms with Crippen LogP contribution in [0.25, 0.3) is 10.2 Å². The minimum atomic E-state index is -0.211. The fourth-order valence-corrected chi connectivity index (χ4v) is 6.31. The van der Waals surface area contributed by atoms with Crippen LogP contribution < -0.4 is 10.9 Å². The first-order valence-electron chi connectivity index (χ1n) is 12.2. The van der Waals surface area contributed by atoms with E-state index >= 15 is 0 Å². The normalized spacial score (nSPS) is 18.7. The van der Waals surface area contributed by atoms with Gasteiger partial charge >= 0.3 is 0 Å². The average molecular weight is 481 g/mol. The van der Waals surface area contributed by atoms with Crippen LogP contribution in [0.4, 0.5) is 5.69 Å². The van der Waals surface area contributed by atoms with Crippen molar-refractivity contribution in [2.24, 2.45) is 5.92 Å². The standard InChI is InChI=1S/C26H32N4O3S/c1-3-18-5-4-6-19(14-18)27-23(31)16-30-22(15-29-9-11-33-12-10-29)28-25-24(26(30)32)20-8-7-17(2)13-21(20)34-25/h4-6,14,17H,3,7-13,15-16H2,1-2H3,(H,27,31). The summed E-state index contributed by atoms with van der Waals surface area (Å²) in [6.07, 6.45) is 3.90. The van der Waals surface area contributed by atoms with Crippen molar-refractivity contribution in [1.82, 2.24) is 14.5 Å². The molecule has 0 bridgehead atoms. The summed E-state index contributed by atoms with van der Waals surface area (Å²) in [6.45, 7) is 7.77. The highest BCUT2D eigenvalue weighted by molar-refractivity contribution is 7.18. The van der Waals surface area contributed by atoms with E-state index in [2.05, 4.69) is 24.1 Å². The number of benzene rings is 1. The van der Waals surface area contributed by atoms with Gasteiger partial charge < -0.3 is 10.1 Å². The van der Waals surface area contributed by atoms with E-state index in [1.54, 1.807) is 15.9 Å². The molecule has 2 aromatic heterocycles. The zero-order valence-corrected chi connectivity index (χ0v) is 20.7. The highest BCUT2D eigenvalue weighted by Gasteiger charge is 2.26. The van der Waals surface area contributed by atoms with Crippen LogP contribution in [-0.2, 0) is 41.9 Å². The second-order valence-corrected chi connectivity index (χ2v) is 10.5. The first-order valence-corrected chi connectivity index (χ1v) is 13.1. The Bertz CT molecular complexity index is 1260. The van der Waals surface area contributed by atoms with Crippen molar-refractivity contribution in [3.63, 3.8) is 0 Å². The van der Waals surface area contributed by atoms with Crippen molar-refractivity contribution in [2.75, 3.05) is 31.6 Å². The number of ether oxygens (including phenoxy) is 1. The van der Waals surface area contributed by atoms with E-state index in [9.17, 15) is 9.59 Å². The van der Waals surface area contributed by atoms with Crippen LogP contribution in [0.5, 0.6) is 0 Å². The second-order valence-electron chi connectivity index (χ2n) is 9.44. The molecule has 1 aliphatic carbocycles. The third kappa shape index (κ3) is 4.80. The van der Waals surface area contributed by atoms with Crippen molar-refractivity contribution >= 4 is 33.1 Å². The Hall–Kier alpha value is -2.55. The Morgan fingerprint density at radius 3 is 2.91 bits per heavy atom. The number of morpholine rings is 1. The molecule has 0 radical (unpaired) electrons. The van der Waals surface area contributed by atoms with Gasteiger partial charge in [-0.3, -0.25) is 19.1 Å². The number of nitrogens with one attached hydrogen (secondary N) is 1. The van der Waals surface area contributed by atoms with Crippen LogP contribution in [0.2, 0.25) is 0 Å². The molecule has 8 heteroatoms. The summed E-state index contributed by atoms with van der Waals surface area (Å²) in [5.74, 6) is 1.07. The van der Waals surface area contributed by atoms with E-state index < -0.39 is 0 Å². The fraction of sp³-hybridized carbons (Fsp3) is 0.500. The minimum Gasteiger partial charge on any atom is -0.379 e. The molecular formula is C26H32N4O3S. The maximum absolute atomic E-state index is 13.8. The number of carbonyl (C=O) groups is 1. The maximum Gasteiger partial charge on any atom is 0.263 e. The molecule has 0 spiro atoms. The molecule has 3 aromatic rings. The summed E-state index contributed by atoms with van der Waals surface area (Å²) in [5, 5.41) is 3.70. The lowest BCUT2D eigenvalue weighted by molar-refractivity contribution is -0.116. The molecule has 1 unspecified atom stereocenters. The predicted molar refractivity (Wildman–Crippen MR) is 136 cm³/mol. The summed E-state index contributed by atoms with van der Waals surface area (Å²) >= 11 is 1.66. The molecule has 1 aliphatic heterocycles. The lowest BCUT2D eigenvalue weighted by Gasteiger charge is -2.27. The SMILES string of the molecule is CCc1cccc(NC(=O)Cn2c(CN3CCOCC3)nc3sc4c(c3c2=O)CCC(C)C4)c1. The Morgan fingerprint density at radius 1 is 1.29 bits per heavy atom. The van der Waals surface area contributed by atoms with E-state index in [4.69, 9.17) is 9.72 Å². The van der Waals surface area contributed by atoms with Gasteiger partial charge in [-0.25, -0.2) is 4.98 Å². The van der Waals surface area contributed by atoms with Gasteiger partial charge in [-0.15, -0.1) is 11.3 Å². The van der Waals surface area contributed by atoms with E-state index in [-0.39, 0.29) is 18.0 Å². The number of nitrogens with zero attached hydrogens (tertiary/aromatic N) is 3. The third-order valence-electron chi connectivity index (χ3n) is 6.88. The fourth-order valence-electron chi connectivity index (χ4n) is 4.92. The van der Waals surface area contributed by atoms with E-state index in [1.165, 1.54) is 4.88 Å². The molecule has 5 rings (SSSR count). The highest BCUT2D eigenvalue weighted by atomic mass is 32.1. The van der Waals surface area contributed by atoms with Crippen molar-refractivity contribution in [3.05, 3.63) is 56.4 Å². The molecule has 7 nitrogen and oxygen atoms in total. The summed E-state index contributed by atoms with van der Waals surface area (Å²) < 4.78 is 7.08. The molecule has 1 atom stereocenters. The Balaban J connectivity index is 1.50. The average Bonchev–Trinajstić information content (AvgIpc) is 3.19. The van der Waals surface area contributed by atoms with Crippen molar-refractivity contribution in [1.29, 1.82) is 0 Å². The van der Waals surface area contributed by atoms with Crippen molar-refractivity contribution in [2.45, 2.75) is 52.6 Å². The van der Waals surface area contributed by atoms with Crippen LogP contribution in [0.15, 0.2) is 29.1 Å². The first-order chi connectivity index (χ1) is 16.5. The quantitative estimate of drug-likeness (QED) is 0.583. The third-order valence-corrected chi connectivity index (χ3v) is 8.03. The van der Waals surface area contributed by atoms with Gasteiger partial charge in [0.2, 0.25) is 5.91 Å². The minimum absolute atomic E-state index is 0.0428. The van der Waals surface area contributed by atoms with E-state index in [1.807, 2.05) is 24.3 Å². The predicted octanol–water partition coefficient (Wildman–Crippen LogP) is 3.62. The van der Waals surface area contributed by atoms with Crippen LogP contribution in [0.1, 0.15) is 42.1 Å². The highest BCUT2D eigenvalue weighted by Crippen LogP contribution is 2.36. The number of fused-ring (bicyclic) bond motifs is 3. The number of aryl methyl sites for hydroxylation is 2. The van der Waals surface area contributed by atoms with Gasteiger partial charge in [0.05, 0.1) is 25.1 Å². The van der Waals surface area contributed by atoms with Gasteiger partial charge in [0.1, 0.15) is 17.2 Å². The van der Waals surface area contributed by atoms with Gasteiger partial charge in [-0.05, 0) is 54.9 Å². The number of carbonyl (C=O) groups excluding carboxylic acids is 1. The molecular weight excluding hydrogens is 448 g/mol. The van der Waals surface area contributed by atoms with Crippen LogP contribution >= 0.6 is 11.3 Å². The number of thiophene rings is 1. The number of anilines is 1. The van der Waals surface area contributed by atoms with Gasteiger partial charge in [-0.1, -0.05) is 26.0 Å². The summed E-state index contributed by atoms with van der Waals surface area (Å²) in [7, 11) is 0. The summed E-state index contributed by atoms with van der Waals surface area (Å²) in [6, 6.07) is 7.84. The van der Waals surface area contributed by atoms with Crippen LogP contribution in [-0.4, -0.2) is 46.7 Å². The van der Waals surface area contributed by atoms with E-state index in [0.717, 1.165) is 65.8 Å². The molecule has 1 N–H and O–H groups in total. The maximum atomic E-state index is 13.8. The lowest BCUT2D eigenvalue weighted by atomic mass is 9.89. The molecule has 1 aromatic carbocycles. The van der Waals surface area contributed by atoms with Crippen molar-refractivity contribution < 1.29 is 9.53 Å². The number of rotatable bonds is 6. The molecule has 34 heavy (non-hydrogen) atoms. The van der Waals surface area contributed by atoms with Crippen LogP contribution in [0.3, 0.4) is 0 Å². The van der Waals surface area contributed by atoms with Gasteiger partial charge in [0, 0.05) is 23.7 Å². The topological polar surface area (TPSA) is 76.5 Å². The van der Waals surface area contributed by atoms with Gasteiger partial charge in [0.15, 0.2) is 0 Å².